The number of carbonyl (C=O) groups excluding carboxylic acids is 3. The molecule has 1 aromatic rings. The summed E-state index contributed by atoms with van der Waals surface area (Å²) in [6.07, 6.45) is 9.23. The van der Waals surface area contributed by atoms with Gasteiger partial charge in [0.05, 0.1) is 12.0 Å². The summed E-state index contributed by atoms with van der Waals surface area (Å²) in [6.45, 7) is 5.73. The molecule has 0 spiro atoms. The summed E-state index contributed by atoms with van der Waals surface area (Å²) >= 11 is 0. The van der Waals surface area contributed by atoms with Crippen LogP contribution < -0.4 is 10.6 Å². The third-order valence-corrected chi connectivity index (χ3v) is 6.69. The van der Waals surface area contributed by atoms with Gasteiger partial charge in [0.2, 0.25) is 18.2 Å². The van der Waals surface area contributed by atoms with Crippen LogP contribution in [0.5, 0.6) is 0 Å². The molecule has 2 rings (SSSR count). The maximum atomic E-state index is 13.5. The van der Waals surface area contributed by atoms with Gasteiger partial charge < -0.3 is 10.6 Å². The quantitative estimate of drug-likeness (QED) is 0.257. The second-order valence-electron chi connectivity index (χ2n) is 8.88. The van der Waals surface area contributed by atoms with Crippen LogP contribution in [0.15, 0.2) is 24.4 Å². The second-order valence-corrected chi connectivity index (χ2v) is 8.88. The van der Waals surface area contributed by atoms with Crippen LogP contribution in [-0.2, 0) is 14.4 Å². The lowest BCUT2D eigenvalue weighted by atomic mass is 9.79. The molecule has 1 fully saturated rings. The van der Waals surface area contributed by atoms with E-state index in [0.717, 1.165) is 25.7 Å². The monoisotopic (exact) mass is 446 g/mol. The highest BCUT2D eigenvalue weighted by molar-refractivity contribution is 5.97. The number of rotatable bonds is 12. The van der Waals surface area contributed by atoms with Gasteiger partial charge in [-0.25, -0.2) is 10.0 Å². The standard InChI is InChI=1S/C24H38N4O4/c1-4-17(3)22(24(31)26-21-13-9-10-14-25-21)27-23(30)19(20(5-2)28(32)16-29)15-18-11-7-6-8-12-18/h9-10,13-14,16-20,22,32H,4-8,11-12,15H2,1-3H3,(H,27,30)(H,25,26,31)/t17-,19+,20-,22-/m0/s1. The first-order valence-corrected chi connectivity index (χ1v) is 11.9. The molecule has 0 aromatic carbocycles. The number of nitrogens with one attached hydrogen (secondary N) is 2. The van der Waals surface area contributed by atoms with Gasteiger partial charge >= 0.3 is 0 Å². The highest BCUT2D eigenvalue weighted by Crippen LogP contribution is 2.32. The van der Waals surface area contributed by atoms with E-state index in [1.54, 1.807) is 24.4 Å². The highest BCUT2D eigenvalue weighted by Gasteiger charge is 2.36. The van der Waals surface area contributed by atoms with Crippen molar-refractivity contribution in [3.63, 3.8) is 0 Å². The van der Waals surface area contributed by atoms with E-state index >= 15 is 0 Å². The topological polar surface area (TPSA) is 112 Å². The number of amides is 3. The predicted octanol–water partition coefficient (Wildman–Crippen LogP) is 3.76. The molecule has 0 radical (unpaired) electrons. The average molecular weight is 447 g/mol. The second kappa shape index (κ2) is 13.2. The van der Waals surface area contributed by atoms with Crippen LogP contribution in [0, 0.1) is 17.8 Å². The fourth-order valence-corrected chi connectivity index (χ4v) is 4.56. The lowest BCUT2D eigenvalue weighted by molar-refractivity contribution is -0.169. The van der Waals surface area contributed by atoms with E-state index in [1.807, 2.05) is 20.8 Å². The molecule has 1 aromatic heterocycles. The number of aromatic nitrogens is 1. The summed E-state index contributed by atoms with van der Waals surface area (Å²) in [5, 5.41) is 16.5. The van der Waals surface area contributed by atoms with Crippen molar-refractivity contribution in [2.45, 2.75) is 84.2 Å². The molecule has 3 N–H and O–H groups in total. The lowest BCUT2D eigenvalue weighted by Gasteiger charge is -2.34. The van der Waals surface area contributed by atoms with Gasteiger partial charge in [-0.1, -0.05) is 65.4 Å². The molecule has 4 atom stereocenters. The summed E-state index contributed by atoms with van der Waals surface area (Å²) in [7, 11) is 0. The number of hydrogen-bond acceptors (Lipinski definition) is 5. The minimum absolute atomic E-state index is 0.102. The van der Waals surface area contributed by atoms with Crippen molar-refractivity contribution in [2.75, 3.05) is 5.32 Å². The van der Waals surface area contributed by atoms with Crippen LogP contribution in [0.25, 0.3) is 0 Å². The van der Waals surface area contributed by atoms with Gasteiger partial charge in [-0.15, -0.1) is 0 Å². The fourth-order valence-electron chi connectivity index (χ4n) is 4.56. The number of nitrogens with zero attached hydrogens (tertiary/aromatic N) is 2. The molecule has 32 heavy (non-hydrogen) atoms. The van der Waals surface area contributed by atoms with Gasteiger partial charge in [0, 0.05) is 6.20 Å². The van der Waals surface area contributed by atoms with Crippen molar-refractivity contribution in [2.24, 2.45) is 17.8 Å². The Kier molecular flexibility index (Phi) is 10.6. The van der Waals surface area contributed by atoms with Crippen molar-refractivity contribution in [3.8, 4) is 0 Å². The average Bonchev–Trinajstić information content (AvgIpc) is 2.82. The largest absolute Gasteiger partial charge is 0.344 e. The first-order chi connectivity index (χ1) is 15.4. The molecular formula is C24H38N4O4. The van der Waals surface area contributed by atoms with E-state index in [9.17, 15) is 19.6 Å². The Hall–Kier alpha value is -2.48. The molecular weight excluding hydrogens is 408 g/mol. The molecule has 8 heteroatoms. The highest BCUT2D eigenvalue weighted by atomic mass is 16.5. The summed E-state index contributed by atoms with van der Waals surface area (Å²) in [5.41, 5.74) is 0. The van der Waals surface area contributed by atoms with Crippen molar-refractivity contribution >= 4 is 24.0 Å². The van der Waals surface area contributed by atoms with Gasteiger partial charge in [0.25, 0.3) is 0 Å². The Morgan fingerprint density at radius 3 is 2.47 bits per heavy atom. The zero-order valence-electron chi connectivity index (χ0n) is 19.5. The Labute approximate surface area is 191 Å². The van der Waals surface area contributed by atoms with E-state index in [4.69, 9.17) is 0 Å². The molecule has 0 aliphatic heterocycles. The molecule has 178 valence electrons. The van der Waals surface area contributed by atoms with Gasteiger partial charge in [-0.2, -0.15) is 0 Å². The molecule has 3 amide bonds. The number of hydroxylamine groups is 2. The lowest BCUT2D eigenvalue weighted by Crippen LogP contribution is -2.53. The van der Waals surface area contributed by atoms with Crippen molar-refractivity contribution in [3.05, 3.63) is 24.4 Å². The molecule has 1 heterocycles. The Morgan fingerprint density at radius 2 is 1.91 bits per heavy atom. The minimum Gasteiger partial charge on any atom is -0.344 e. The Bertz CT molecular complexity index is 724. The first kappa shape index (κ1) is 25.8. The molecule has 0 unspecified atom stereocenters. The van der Waals surface area contributed by atoms with Gasteiger partial charge in [0.15, 0.2) is 0 Å². The summed E-state index contributed by atoms with van der Waals surface area (Å²) < 4.78 is 0. The zero-order chi connectivity index (χ0) is 23.5. The van der Waals surface area contributed by atoms with Gasteiger partial charge in [-0.05, 0) is 36.8 Å². The number of anilines is 1. The van der Waals surface area contributed by atoms with E-state index in [2.05, 4.69) is 15.6 Å². The minimum atomic E-state index is -0.746. The van der Waals surface area contributed by atoms with Crippen molar-refractivity contribution < 1.29 is 19.6 Å². The molecule has 0 saturated heterocycles. The summed E-state index contributed by atoms with van der Waals surface area (Å²) in [5.74, 6) is -0.524. The van der Waals surface area contributed by atoms with E-state index in [1.165, 1.54) is 6.42 Å². The molecule has 8 nitrogen and oxygen atoms in total. The van der Waals surface area contributed by atoms with Gasteiger partial charge in [-0.3, -0.25) is 19.6 Å². The Morgan fingerprint density at radius 1 is 1.19 bits per heavy atom. The summed E-state index contributed by atoms with van der Waals surface area (Å²) in [6, 6.07) is 3.86. The van der Waals surface area contributed by atoms with Crippen LogP contribution in [0.4, 0.5) is 5.82 Å². The van der Waals surface area contributed by atoms with E-state index in [0.29, 0.717) is 42.5 Å². The third kappa shape index (κ3) is 7.29. The number of carbonyl (C=O) groups is 3. The fraction of sp³-hybridized carbons (Fsp3) is 0.667. The number of hydrogen-bond donors (Lipinski definition) is 3. The molecule has 1 saturated carbocycles. The molecule has 1 aliphatic rings. The maximum Gasteiger partial charge on any atom is 0.248 e. The Balaban J connectivity index is 2.21. The van der Waals surface area contributed by atoms with E-state index in [-0.39, 0.29) is 17.7 Å². The first-order valence-electron chi connectivity index (χ1n) is 11.9. The van der Waals surface area contributed by atoms with Crippen molar-refractivity contribution in [1.29, 1.82) is 0 Å². The summed E-state index contributed by atoms with van der Waals surface area (Å²) in [4.78, 5) is 41.9. The zero-order valence-corrected chi connectivity index (χ0v) is 19.5. The predicted molar refractivity (Wildman–Crippen MR) is 123 cm³/mol. The third-order valence-electron chi connectivity index (χ3n) is 6.69. The van der Waals surface area contributed by atoms with E-state index < -0.39 is 18.0 Å². The van der Waals surface area contributed by atoms with Crippen LogP contribution in [-0.4, -0.2) is 45.6 Å². The van der Waals surface area contributed by atoms with Crippen molar-refractivity contribution in [1.82, 2.24) is 15.4 Å². The molecule has 1 aliphatic carbocycles. The van der Waals surface area contributed by atoms with Crippen LogP contribution in [0.3, 0.4) is 0 Å². The van der Waals surface area contributed by atoms with Gasteiger partial charge in [0.1, 0.15) is 11.9 Å². The smallest absolute Gasteiger partial charge is 0.248 e. The maximum absolute atomic E-state index is 13.5. The SMILES string of the molecule is CC[C@H](C)[C@H](NC(=O)[C@H](CC1CCCCC1)[C@H](CC)N(O)C=O)C(=O)Nc1ccccn1. The van der Waals surface area contributed by atoms with Crippen LogP contribution >= 0.6 is 0 Å². The molecule has 0 bridgehead atoms. The normalized spacial score (nSPS) is 18.1. The van der Waals surface area contributed by atoms with Crippen LogP contribution in [0.2, 0.25) is 0 Å². The van der Waals surface area contributed by atoms with Crippen LogP contribution in [0.1, 0.15) is 72.1 Å². The number of pyridine rings is 1.